The summed E-state index contributed by atoms with van der Waals surface area (Å²) >= 11 is 0. The fraction of sp³-hybridized carbons (Fsp3) is 0.647. The van der Waals surface area contributed by atoms with Gasteiger partial charge in [-0.3, -0.25) is 18.7 Å². The predicted molar refractivity (Wildman–Crippen MR) is 236 cm³/mol. The zero-order valence-corrected chi connectivity index (χ0v) is 38.7. The van der Waals surface area contributed by atoms with E-state index in [9.17, 15) is 56.0 Å². The summed E-state index contributed by atoms with van der Waals surface area (Å²) in [5.74, 6) is -0.736. The van der Waals surface area contributed by atoms with Crippen molar-refractivity contribution in [3.63, 3.8) is 0 Å². The summed E-state index contributed by atoms with van der Waals surface area (Å²) in [6.07, 6.45) is 2.44. The largest absolute Gasteiger partial charge is 0.748 e. The Bertz CT molecular complexity index is 2300. The molecule has 0 bridgehead atoms. The van der Waals surface area contributed by atoms with E-state index >= 15 is 0 Å². The number of hydrogen-bond acceptors (Lipinski definition) is 24. The molecule has 28 nitrogen and oxygen atoms in total. The second kappa shape index (κ2) is 23.7. The van der Waals surface area contributed by atoms with Crippen LogP contribution in [-0.4, -0.2) is 203 Å². The number of unbranched alkanes of at least 4 members (excludes halogenated alkanes) is 1. The molecule has 2 saturated heterocycles. The van der Waals surface area contributed by atoms with E-state index in [0.29, 0.717) is 58.2 Å². The third-order valence-corrected chi connectivity index (χ3v) is 15.4. The monoisotopic (exact) mass is 1010 g/mol. The lowest BCUT2D eigenvalue weighted by atomic mass is 10.1. The van der Waals surface area contributed by atoms with Crippen molar-refractivity contribution in [1.82, 2.24) is 39.0 Å². The number of aliphatic hydroxyl groups excluding tert-OH is 4. The van der Waals surface area contributed by atoms with Crippen molar-refractivity contribution in [2.75, 3.05) is 58.5 Å². The molecule has 2 aliphatic rings. The first-order chi connectivity index (χ1) is 30.8. The maximum Gasteiger partial charge on any atom is 0.320 e. The summed E-state index contributed by atoms with van der Waals surface area (Å²) in [4.78, 5) is 45.9. The van der Waals surface area contributed by atoms with Crippen LogP contribution >= 0.6 is 0 Å². The van der Waals surface area contributed by atoms with E-state index < -0.39 is 105 Å². The summed E-state index contributed by atoms with van der Waals surface area (Å²) in [6.45, 7) is 0. The average molecular weight is 1020 g/mol. The Hall–Kier alpha value is -4.16. The Labute approximate surface area is 383 Å². The normalized spacial score (nSPS) is 25.1. The van der Waals surface area contributed by atoms with Gasteiger partial charge in [0.2, 0.25) is 0 Å². The molecule has 32 heteroatoms. The smallest absolute Gasteiger partial charge is 0.320 e. The zero-order valence-electron chi connectivity index (χ0n) is 35.4. The predicted octanol–water partition coefficient (Wildman–Crippen LogP) is -4.99. The lowest BCUT2D eigenvalue weighted by molar-refractivity contribution is -0.139. The van der Waals surface area contributed by atoms with Crippen LogP contribution in [0.4, 0.5) is 11.6 Å². The number of fused-ring (bicyclic) bond motifs is 2. The first-order valence-electron chi connectivity index (χ1n) is 19.7. The Morgan fingerprint density at radius 2 is 1.02 bits per heavy atom. The van der Waals surface area contributed by atoms with Gasteiger partial charge in [0.1, 0.15) is 95.4 Å². The molecule has 0 aromatic carbocycles. The first-order valence-corrected chi connectivity index (χ1v) is 26.8. The van der Waals surface area contributed by atoms with Gasteiger partial charge in [0, 0.05) is 24.3 Å². The van der Waals surface area contributed by atoms with Crippen molar-refractivity contribution in [2.45, 2.75) is 86.8 Å². The molecule has 370 valence electrons. The fourth-order valence-corrected chi connectivity index (χ4v) is 10.9. The Balaban J connectivity index is 0.000000233. The highest BCUT2D eigenvalue weighted by Gasteiger charge is 2.48. The molecule has 0 amide bonds. The van der Waals surface area contributed by atoms with Gasteiger partial charge < -0.3 is 72.2 Å². The molecule has 12 unspecified atom stereocenters. The number of aromatic nitrogens is 8. The van der Waals surface area contributed by atoms with Gasteiger partial charge in [-0.15, -0.1) is 0 Å². The van der Waals surface area contributed by atoms with Crippen molar-refractivity contribution in [3.05, 3.63) is 25.3 Å². The number of nitrogen functional groups attached to an aromatic ring is 2. The van der Waals surface area contributed by atoms with E-state index in [0.717, 1.165) is 0 Å². The molecule has 0 saturated carbocycles. The second-order valence-electron chi connectivity index (χ2n) is 15.3. The van der Waals surface area contributed by atoms with E-state index in [1.165, 1.54) is 34.4 Å². The number of ether oxygens (including phenoxy) is 2. The van der Waals surface area contributed by atoms with Crippen LogP contribution in [0.1, 0.15) is 38.1 Å². The Morgan fingerprint density at radius 1 is 0.667 bits per heavy atom. The fourth-order valence-electron chi connectivity index (χ4n) is 6.49. The Kier molecular flexibility index (Phi) is 19.6. The maximum atomic E-state index is 10.8. The van der Waals surface area contributed by atoms with Gasteiger partial charge in [-0.05, 0) is 34.6 Å². The lowest BCUT2D eigenvalue weighted by Crippen LogP contribution is -2.37. The molecule has 2 fully saturated rings. The van der Waals surface area contributed by atoms with E-state index in [2.05, 4.69) is 29.9 Å². The number of hydrogen-bond donors (Lipinski definition) is 10. The number of carboxylic acids is 2. The quantitative estimate of drug-likeness (QED) is 0.0239. The Morgan fingerprint density at radius 3 is 1.33 bits per heavy atom. The van der Waals surface area contributed by atoms with Crippen molar-refractivity contribution in [1.29, 1.82) is 0 Å². The summed E-state index contributed by atoms with van der Waals surface area (Å²) in [7, 11) is -9.05. The summed E-state index contributed by atoms with van der Waals surface area (Å²) in [6, 6.07) is -1.81. The second-order valence-corrected chi connectivity index (χ2v) is 22.9. The van der Waals surface area contributed by atoms with E-state index in [1.807, 2.05) is 12.5 Å². The SMILES string of the molecule is C[S+](CCC(N)C(=O)O)CC1OC(n2cnc3c(N)ncnc32)C(O)C1O.C[S+](CCC(N)C(=O)O)CC1OC(n2cnc3c(N)ncnc32)C(O)C1O.O=S(=O)([O-])CCCCS(=O)(=O)[O-]. The number of carboxylic acid groups (broad SMARTS) is 2. The van der Waals surface area contributed by atoms with Crippen LogP contribution in [0.3, 0.4) is 0 Å². The number of nitrogens with two attached hydrogens (primary N) is 4. The summed E-state index contributed by atoms with van der Waals surface area (Å²) < 4.78 is 74.7. The van der Waals surface area contributed by atoms with Crippen LogP contribution in [0, 0.1) is 0 Å². The molecule has 0 spiro atoms. The number of anilines is 2. The van der Waals surface area contributed by atoms with Crippen molar-refractivity contribution in [2.24, 2.45) is 11.5 Å². The van der Waals surface area contributed by atoms with E-state index in [1.54, 1.807) is 0 Å². The van der Waals surface area contributed by atoms with Crippen LogP contribution in [0.15, 0.2) is 25.3 Å². The van der Waals surface area contributed by atoms with Gasteiger partial charge in [0.25, 0.3) is 0 Å². The van der Waals surface area contributed by atoms with Crippen LogP contribution in [-0.2, 0) is 61.1 Å². The summed E-state index contributed by atoms with van der Waals surface area (Å²) in [5.41, 5.74) is 24.2. The molecule has 12 atom stereocenters. The minimum Gasteiger partial charge on any atom is -0.748 e. The molecule has 0 radical (unpaired) electrons. The highest BCUT2D eigenvalue weighted by Crippen LogP contribution is 2.34. The highest BCUT2D eigenvalue weighted by atomic mass is 32.2. The van der Waals surface area contributed by atoms with Crippen LogP contribution in [0.2, 0.25) is 0 Å². The van der Waals surface area contributed by atoms with Gasteiger partial charge in [-0.1, -0.05) is 0 Å². The number of aliphatic hydroxyl groups is 4. The molecule has 0 aliphatic carbocycles. The van der Waals surface area contributed by atoms with E-state index in [-0.39, 0.29) is 46.3 Å². The molecular formula is C34H54N12O16S4. The van der Waals surface area contributed by atoms with Crippen molar-refractivity contribution in [3.8, 4) is 0 Å². The standard InChI is InChI=1S/2C15H22N6O5S.C4H10O6S2/c2*1-27(3-2-7(16)15(24)25)4-8-10(22)11(23)14(26-8)21-6-20-9-12(17)18-5-19-13(9)21;5-11(6,7)3-1-2-4-12(8,9)10/h2*5-8,10-11,14,22-23H,2-4,16H2,1H3,(H2-,17,18,19,24,25);1-4H2,(H,5,6,7)(H,8,9,10). The minimum atomic E-state index is -4.29. The average Bonchev–Trinajstić information content (AvgIpc) is 4.00. The summed E-state index contributed by atoms with van der Waals surface area (Å²) in [5, 5.41) is 59.4. The maximum absolute atomic E-state index is 10.8. The number of rotatable bonds is 19. The number of carbonyl (C=O) groups is 2. The van der Waals surface area contributed by atoms with Crippen LogP contribution in [0.25, 0.3) is 22.3 Å². The number of nitrogens with zero attached hydrogens (tertiary/aromatic N) is 8. The molecular weight excluding hydrogens is 961 g/mol. The van der Waals surface area contributed by atoms with Gasteiger partial charge in [0.05, 0.1) is 45.4 Å². The van der Waals surface area contributed by atoms with Crippen molar-refractivity contribution >= 4 is 87.9 Å². The topological polar surface area (TPSA) is 480 Å². The van der Waals surface area contributed by atoms with E-state index in [4.69, 9.17) is 42.6 Å². The van der Waals surface area contributed by atoms with Crippen LogP contribution in [0.5, 0.6) is 0 Å². The minimum absolute atomic E-state index is 0.0900. The molecule has 14 N–H and O–H groups in total. The zero-order chi connectivity index (χ0) is 49.3. The van der Waals surface area contributed by atoms with Gasteiger partial charge in [0.15, 0.2) is 35.4 Å². The lowest BCUT2D eigenvalue weighted by Gasteiger charge is -2.16. The number of aliphatic carboxylic acids is 2. The third-order valence-electron chi connectivity index (χ3n) is 10.1. The van der Waals surface area contributed by atoms with Gasteiger partial charge >= 0.3 is 11.9 Å². The van der Waals surface area contributed by atoms with Crippen molar-refractivity contribution < 1.29 is 75.6 Å². The molecule has 66 heavy (non-hydrogen) atoms. The molecule has 6 rings (SSSR count). The molecule has 4 aromatic rings. The number of imidazole rings is 2. The molecule has 2 aliphatic heterocycles. The molecule has 6 heterocycles. The van der Waals surface area contributed by atoms with Crippen LogP contribution < -0.4 is 22.9 Å². The van der Waals surface area contributed by atoms with Gasteiger partial charge in [-0.25, -0.2) is 46.7 Å². The first kappa shape index (κ1) is 54.4. The molecule has 4 aromatic heterocycles. The van der Waals surface area contributed by atoms with Gasteiger partial charge in [-0.2, -0.15) is 0 Å². The highest BCUT2D eigenvalue weighted by molar-refractivity contribution is 7.96. The third kappa shape index (κ3) is 15.2.